The highest BCUT2D eigenvalue weighted by Crippen LogP contribution is 2.24. The highest BCUT2D eigenvalue weighted by Gasteiger charge is 2.10. The number of methoxy groups -OCH3 is 1. The van der Waals surface area contributed by atoms with E-state index in [0.717, 1.165) is 0 Å². The molecule has 2 rings (SSSR count). The molecular formula is C13H11BrClN3O2. The van der Waals surface area contributed by atoms with E-state index in [1.54, 1.807) is 24.3 Å². The van der Waals surface area contributed by atoms with Crippen LogP contribution in [0, 0.1) is 0 Å². The monoisotopic (exact) mass is 355 g/mol. The van der Waals surface area contributed by atoms with Crippen LogP contribution < -0.4 is 15.8 Å². The minimum absolute atomic E-state index is 0.313. The Morgan fingerprint density at radius 3 is 2.80 bits per heavy atom. The van der Waals surface area contributed by atoms with Gasteiger partial charge in [0.2, 0.25) is 0 Å². The maximum atomic E-state index is 12.1. The van der Waals surface area contributed by atoms with Gasteiger partial charge in [0.25, 0.3) is 5.91 Å². The van der Waals surface area contributed by atoms with Crippen molar-refractivity contribution in [2.75, 3.05) is 18.2 Å². The molecule has 1 amide bonds. The van der Waals surface area contributed by atoms with Gasteiger partial charge in [0.05, 0.1) is 23.5 Å². The number of nitrogens with zero attached hydrogens (tertiary/aromatic N) is 1. The third-order valence-corrected chi connectivity index (χ3v) is 3.61. The van der Waals surface area contributed by atoms with Gasteiger partial charge < -0.3 is 15.8 Å². The molecule has 104 valence electrons. The van der Waals surface area contributed by atoms with Crippen molar-refractivity contribution in [3.05, 3.63) is 45.7 Å². The van der Waals surface area contributed by atoms with Gasteiger partial charge in [-0.3, -0.25) is 4.79 Å². The molecule has 1 aromatic carbocycles. The van der Waals surface area contributed by atoms with Gasteiger partial charge >= 0.3 is 0 Å². The molecule has 0 saturated carbocycles. The van der Waals surface area contributed by atoms with Crippen LogP contribution in [-0.4, -0.2) is 18.0 Å². The number of pyridine rings is 1. The van der Waals surface area contributed by atoms with Gasteiger partial charge in [-0.05, 0) is 34.1 Å². The zero-order chi connectivity index (χ0) is 14.7. The Labute approximate surface area is 129 Å². The minimum Gasteiger partial charge on any atom is -0.497 e. The van der Waals surface area contributed by atoms with E-state index in [2.05, 4.69) is 26.2 Å². The molecule has 0 fully saturated rings. The van der Waals surface area contributed by atoms with Gasteiger partial charge in [0.1, 0.15) is 10.9 Å². The number of ether oxygens (including phenoxy) is 1. The average molecular weight is 357 g/mol. The molecule has 0 atom stereocenters. The summed E-state index contributed by atoms with van der Waals surface area (Å²) in [5.41, 5.74) is 7.08. The zero-order valence-corrected chi connectivity index (χ0v) is 12.8. The number of hydrogen-bond acceptors (Lipinski definition) is 4. The summed E-state index contributed by atoms with van der Waals surface area (Å²) in [6.07, 6.45) is 1.47. The van der Waals surface area contributed by atoms with E-state index in [4.69, 9.17) is 22.1 Å². The van der Waals surface area contributed by atoms with Gasteiger partial charge in [-0.25, -0.2) is 4.98 Å². The van der Waals surface area contributed by atoms with Crippen LogP contribution in [-0.2, 0) is 0 Å². The summed E-state index contributed by atoms with van der Waals surface area (Å²) in [6.45, 7) is 0. The zero-order valence-electron chi connectivity index (χ0n) is 10.5. The average Bonchev–Trinajstić information content (AvgIpc) is 2.42. The molecule has 1 aromatic heterocycles. The van der Waals surface area contributed by atoms with Gasteiger partial charge in [-0.15, -0.1) is 0 Å². The predicted octanol–water partition coefficient (Wildman–Crippen LogP) is 3.34. The first kappa shape index (κ1) is 14.6. The second kappa shape index (κ2) is 6.11. The fourth-order valence-corrected chi connectivity index (χ4v) is 2.02. The lowest BCUT2D eigenvalue weighted by atomic mass is 10.1. The molecule has 5 nitrogen and oxygen atoms in total. The van der Waals surface area contributed by atoms with Crippen molar-refractivity contribution in [2.45, 2.75) is 0 Å². The molecule has 3 N–H and O–H groups in total. The molecular weight excluding hydrogens is 346 g/mol. The number of amides is 1. The SMILES string of the molecule is COc1cc(N)cc(C(=O)Nc2cnc(Cl)c(Br)c2)c1. The normalized spacial score (nSPS) is 10.2. The number of carbonyl (C=O) groups is 1. The molecule has 0 radical (unpaired) electrons. The summed E-state index contributed by atoms with van der Waals surface area (Å²) in [6, 6.07) is 6.47. The van der Waals surface area contributed by atoms with Crippen LogP contribution in [0.5, 0.6) is 5.75 Å². The summed E-state index contributed by atoms with van der Waals surface area (Å²) in [5.74, 6) is 0.206. The topological polar surface area (TPSA) is 77.2 Å². The number of rotatable bonds is 3. The highest BCUT2D eigenvalue weighted by molar-refractivity contribution is 9.10. The van der Waals surface area contributed by atoms with Crippen molar-refractivity contribution in [1.82, 2.24) is 4.98 Å². The quantitative estimate of drug-likeness (QED) is 0.653. The van der Waals surface area contributed by atoms with Crippen molar-refractivity contribution in [1.29, 1.82) is 0 Å². The number of hydrogen-bond donors (Lipinski definition) is 2. The first-order valence-electron chi connectivity index (χ1n) is 5.56. The molecule has 2 aromatic rings. The molecule has 0 spiro atoms. The first-order valence-corrected chi connectivity index (χ1v) is 6.73. The van der Waals surface area contributed by atoms with Crippen LogP contribution in [0.25, 0.3) is 0 Å². The number of halogens is 2. The van der Waals surface area contributed by atoms with Crippen molar-refractivity contribution >= 4 is 44.8 Å². The second-order valence-electron chi connectivity index (χ2n) is 3.95. The van der Waals surface area contributed by atoms with E-state index < -0.39 is 0 Å². The number of carbonyl (C=O) groups excluding carboxylic acids is 1. The van der Waals surface area contributed by atoms with Crippen LogP contribution in [0.1, 0.15) is 10.4 Å². The Bertz CT molecular complexity index is 664. The van der Waals surface area contributed by atoms with Gasteiger partial charge in [0.15, 0.2) is 0 Å². The molecule has 0 unspecified atom stereocenters. The van der Waals surface area contributed by atoms with Crippen molar-refractivity contribution in [3.8, 4) is 5.75 Å². The molecule has 0 bridgehead atoms. The minimum atomic E-state index is -0.313. The Morgan fingerprint density at radius 2 is 2.15 bits per heavy atom. The molecule has 7 heteroatoms. The maximum absolute atomic E-state index is 12.1. The third kappa shape index (κ3) is 3.40. The van der Waals surface area contributed by atoms with Gasteiger partial charge in [-0.2, -0.15) is 0 Å². The summed E-state index contributed by atoms with van der Waals surface area (Å²) >= 11 is 9.03. The van der Waals surface area contributed by atoms with E-state index in [0.29, 0.717) is 32.3 Å². The predicted molar refractivity (Wildman–Crippen MR) is 82.3 cm³/mol. The second-order valence-corrected chi connectivity index (χ2v) is 5.16. The Morgan fingerprint density at radius 1 is 1.40 bits per heavy atom. The van der Waals surface area contributed by atoms with Gasteiger partial charge in [0, 0.05) is 17.3 Å². The lowest BCUT2D eigenvalue weighted by molar-refractivity contribution is 0.102. The number of anilines is 2. The summed E-state index contributed by atoms with van der Waals surface area (Å²) in [7, 11) is 1.51. The first-order chi connectivity index (χ1) is 9.49. The fourth-order valence-electron chi connectivity index (χ4n) is 1.56. The van der Waals surface area contributed by atoms with Gasteiger partial charge in [-0.1, -0.05) is 11.6 Å². The van der Waals surface area contributed by atoms with E-state index in [9.17, 15) is 4.79 Å². The third-order valence-electron chi connectivity index (χ3n) is 2.48. The van der Waals surface area contributed by atoms with Crippen molar-refractivity contribution < 1.29 is 9.53 Å². The van der Waals surface area contributed by atoms with Crippen LogP contribution in [0.15, 0.2) is 34.9 Å². The Kier molecular flexibility index (Phi) is 4.46. The van der Waals surface area contributed by atoms with E-state index in [1.165, 1.54) is 13.3 Å². The van der Waals surface area contributed by atoms with E-state index >= 15 is 0 Å². The summed E-state index contributed by atoms with van der Waals surface area (Å²) in [4.78, 5) is 16.1. The van der Waals surface area contributed by atoms with Crippen LogP contribution in [0.2, 0.25) is 5.15 Å². The van der Waals surface area contributed by atoms with Crippen molar-refractivity contribution in [2.24, 2.45) is 0 Å². The van der Waals surface area contributed by atoms with Crippen LogP contribution >= 0.6 is 27.5 Å². The van der Waals surface area contributed by atoms with Crippen LogP contribution in [0.3, 0.4) is 0 Å². The molecule has 0 saturated heterocycles. The van der Waals surface area contributed by atoms with Crippen molar-refractivity contribution in [3.63, 3.8) is 0 Å². The van der Waals surface area contributed by atoms with Crippen LogP contribution in [0.4, 0.5) is 11.4 Å². The largest absolute Gasteiger partial charge is 0.497 e. The lowest BCUT2D eigenvalue weighted by Crippen LogP contribution is -2.12. The summed E-state index contributed by atoms with van der Waals surface area (Å²) in [5, 5.41) is 3.03. The number of nitrogen functional groups attached to an aromatic ring is 1. The molecule has 1 heterocycles. The standard InChI is InChI=1S/C13H11BrClN3O2/c1-20-10-3-7(2-8(16)4-10)13(19)18-9-5-11(14)12(15)17-6-9/h2-6H,16H2,1H3,(H,18,19). The smallest absolute Gasteiger partial charge is 0.255 e. The lowest BCUT2D eigenvalue weighted by Gasteiger charge is -2.08. The molecule has 20 heavy (non-hydrogen) atoms. The molecule has 0 aliphatic carbocycles. The Balaban J connectivity index is 2.23. The number of nitrogens with one attached hydrogen (secondary N) is 1. The molecule has 0 aliphatic rings. The number of benzene rings is 1. The Hall–Kier alpha value is -1.79. The van der Waals surface area contributed by atoms with E-state index in [1.807, 2.05) is 0 Å². The number of nitrogens with two attached hydrogens (primary N) is 1. The highest BCUT2D eigenvalue weighted by atomic mass is 79.9. The summed E-state index contributed by atoms with van der Waals surface area (Å²) < 4.78 is 5.67. The maximum Gasteiger partial charge on any atom is 0.255 e. The number of aromatic nitrogens is 1. The molecule has 0 aliphatic heterocycles. The van der Waals surface area contributed by atoms with E-state index in [-0.39, 0.29) is 5.91 Å². The fraction of sp³-hybridized carbons (Fsp3) is 0.0769.